The molecule has 0 aromatic heterocycles. The Labute approximate surface area is 120 Å². The highest BCUT2D eigenvalue weighted by Crippen LogP contribution is 2.35. The molecule has 0 bridgehead atoms. The van der Waals surface area contributed by atoms with Crippen molar-refractivity contribution in [2.24, 2.45) is 0 Å². The van der Waals surface area contributed by atoms with Crippen LogP contribution in [0, 0.1) is 5.82 Å². The minimum absolute atomic E-state index is 0.0112. The SMILES string of the molecule is CNC1c2ccccc2CC1S(=O)c1ccc(F)cc1. The van der Waals surface area contributed by atoms with Crippen molar-refractivity contribution in [2.45, 2.75) is 22.6 Å². The Morgan fingerprint density at radius 2 is 1.85 bits per heavy atom. The quantitative estimate of drug-likeness (QED) is 0.941. The second kappa shape index (κ2) is 5.46. The van der Waals surface area contributed by atoms with E-state index in [9.17, 15) is 8.60 Å². The lowest BCUT2D eigenvalue weighted by Gasteiger charge is -2.19. The third kappa shape index (κ3) is 2.30. The van der Waals surface area contributed by atoms with Gasteiger partial charge in [-0.15, -0.1) is 0 Å². The van der Waals surface area contributed by atoms with Gasteiger partial charge in [0.1, 0.15) is 5.82 Å². The number of nitrogens with one attached hydrogen (secondary N) is 1. The normalized spacial score (nSPS) is 22.5. The summed E-state index contributed by atoms with van der Waals surface area (Å²) in [6.07, 6.45) is 0.783. The molecule has 0 radical (unpaired) electrons. The third-order valence-electron chi connectivity index (χ3n) is 3.81. The number of hydrogen-bond acceptors (Lipinski definition) is 2. The third-order valence-corrected chi connectivity index (χ3v) is 5.54. The van der Waals surface area contributed by atoms with Crippen LogP contribution in [0.5, 0.6) is 0 Å². The van der Waals surface area contributed by atoms with Gasteiger partial charge in [-0.25, -0.2) is 4.39 Å². The molecule has 4 heteroatoms. The van der Waals surface area contributed by atoms with Gasteiger partial charge < -0.3 is 5.32 Å². The average Bonchev–Trinajstić information content (AvgIpc) is 2.85. The predicted molar refractivity (Wildman–Crippen MR) is 78.5 cm³/mol. The van der Waals surface area contributed by atoms with Gasteiger partial charge in [-0.3, -0.25) is 4.21 Å². The molecule has 0 saturated carbocycles. The number of benzene rings is 2. The molecule has 0 spiro atoms. The molecule has 0 aliphatic heterocycles. The smallest absolute Gasteiger partial charge is 0.123 e. The molecule has 0 heterocycles. The zero-order chi connectivity index (χ0) is 14.1. The maximum atomic E-state index is 13.0. The van der Waals surface area contributed by atoms with Crippen molar-refractivity contribution in [2.75, 3.05) is 7.05 Å². The highest BCUT2D eigenvalue weighted by Gasteiger charge is 2.35. The topological polar surface area (TPSA) is 29.1 Å². The first-order valence-electron chi connectivity index (χ1n) is 6.62. The highest BCUT2D eigenvalue weighted by molar-refractivity contribution is 7.85. The van der Waals surface area contributed by atoms with Gasteiger partial charge in [-0.2, -0.15) is 0 Å². The van der Waals surface area contributed by atoms with Crippen LogP contribution in [-0.2, 0) is 17.2 Å². The Morgan fingerprint density at radius 1 is 1.15 bits per heavy atom. The molecule has 0 saturated heterocycles. The van der Waals surface area contributed by atoms with Crippen LogP contribution in [-0.4, -0.2) is 16.5 Å². The van der Waals surface area contributed by atoms with Crippen LogP contribution in [0.1, 0.15) is 17.2 Å². The van der Waals surface area contributed by atoms with Crippen molar-refractivity contribution in [1.82, 2.24) is 5.32 Å². The molecule has 3 rings (SSSR count). The molecule has 1 aliphatic carbocycles. The fourth-order valence-electron chi connectivity index (χ4n) is 2.84. The van der Waals surface area contributed by atoms with E-state index in [2.05, 4.69) is 17.4 Å². The van der Waals surface area contributed by atoms with Crippen LogP contribution < -0.4 is 5.32 Å². The Bertz CT molecular complexity index is 641. The molecule has 104 valence electrons. The summed E-state index contributed by atoms with van der Waals surface area (Å²) in [6, 6.07) is 14.2. The van der Waals surface area contributed by atoms with Gasteiger partial charge in [0.25, 0.3) is 0 Å². The van der Waals surface area contributed by atoms with E-state index in [4.69, 9.17) is 0 Å². The second-order valence-corrected chi connectivity index (χ2v) is 6.63. The summed E-state index contributed by atoms with van der Waals surface area (Å²) in [5.74, 6) is -0.300. The lowest BCUT2D eigenvalue weighted by molar-refractivity contribution is 0.580. The van der Waals surface area contributed by atoms with Crippen LogP contribution in [0.4, 0.5) is 4.39 Å². The van der Waals surface area contributed by atoms with E-state index in [-0.39, 0.29) is 17.1 Å². The van der Waals surface area contributed by atoms with Crippen LogP contribution in [0.3, 0.4) is 0 Å². The summed E-state index contributed by atoms with van der Waals surface area (Å²) in [4.78, 5) is 0.685. The van der Waals surface area contributed by atoms with Gasteiger partial charge in [-0.1, -0.05) is 24.3 Å². The Morgan fingerprint density at radius 3 is 2.55 bits per heavy atom. The van der Waals surface area contributed by atoms with Crippen molar-refractivity contribution in [3.8, 4) is 0 Å². The van der Waals surface area contributed by atoms with E-state index in [0.29, 0.717) is 4.90 Å². The molecule has 3 atom stereocenters. The van der Waals surface area contributed by atoms with Gasteiger partial charge in [0.05, 0.1) is 16.0 Å². The first kappa shape index (κ1) is 13.5. The molecule has 3 unspecified atom stereocenters. The van der Waals surface area contributed by atoms with Gasteiger partial charge in [-0.05, 0) is 48.9 Å². The van der Waals surface area contributed by atoms with Crippen LogP contribution in [0.25, 0.3) is 0 Å². The van der Waals surface area contributed by atoms with Crippen molar-refractivity contribution < 1.29 is 8.60 Å². The number of halogens is 1. The van der Waals surface area contributed by atoms with Gasteiger partial charge >= 0.3 is 0 Å². The largest absolute Gasteiger partial charge is 0.312 e. The summed E-state index contributed by atoms with van der Waals surface area (Å²) in [5.41, 5.74) is 2.46. The molecule has 0 fully saturated rings. The Hall–Kier alpha value is -1.52. The summed E-state index contributed by atoms with van der Waals surface area (Å²) < 4.78 is 25.7. The van der Waals surface area contributed by atoms with E-state index in [1.165, 1.54) is 23.3 Å². The van der Waals surface area contributed by atoms with Crippen LogP contribution >= 0.6 is 0 Å². The fraction of sp³-hybridized carbons (Fsp3) is 0.250. The maximum absolute atomic E-state index is 13.0. The highest BCUT2D eigenvalue weighted by atomic mass is 32.2. The molecular weight excluding hydrogens is 273 g/mol. The number of rotatable bonds is 3. The number of hydrogen-bond donors (Lipinski definition) is 1. The van der Waals surface area contributed by atoms with Crippen molar-refractivity contribution in [3.63, 3.8) is 0 Å². The molecule has 1 N–H and O–H groups in total. The first-order chi connectivity index (χ1) is 9.70. The monoisotopic (exact) mass is 289 g/mol. The second-order valence-electron chi connectivity index (χ2n) is 4.96. The number of fused-ring (bicyclic) bond motifs is 1. The van der Waals surface area contributed by atoms with Crippen molar-refractivity contribution in [1.29, 1.82) is 0 Å². The summed E-state index contributed by atoms with van der Waals surface area (Å²) in [5, 5.41) is 3.25. The molecule has 2 aromatic carbocycles. The minimum Gasteiger partial charge on any atom is -0.312 e. The lowest BCUT2D eigenvalue weighted by atomic mass is 10.1. The first-order valence-corrected chi connectivity index (χ1v) is 7.83. The van der Waals surface area contributed by atoms with Crippen LogP contribution in [0.2, 0.25) is 0 Å². The zero-order valence-electron chi connectivity index (χ0n) is 11.2. The van der Waals surface area contributed by atoms with E-state index < -0.39 is 10.8 Å². The standard InChI is InChI=1S/C16H16FNOS/c1-18-16-14-5-3-2-4-11(14)10-15(16)20(19)13-8-6-12(17)7-9-13/h2-9,15-16,18H,10H2,1H3. The van der Waals surface area contributed by atoms with Gasteiger partial charge in [0.2, 0.25) is 0 Å². The fourth-order valence-corrected chi connectivity index (χ4v) is 4.46. The van der Waals surface area contributed by atoms with Crippen LogP contribution in [0.15, 0.2) is 53.4 Å². The zero-order valence-corrected chi connectivity index (χ0v) is 12.0. The molecule has 20 heavy (non-hydrogen) atoms. The minimum atomic E-state index is -1.15. The van der Waals surface area contributed by atoms with Crippen molar-refractivity contribution in [3.05, 3.63) is 65.5 Å². The Balaban J connectivity index is 1.92. The van der Waals surface area contributed by atoms with E-state index in [0.717, 1.165) is 6.42 Å². The van der Waals surface area contributed by atoms with Gasteiger partial charge in [0, 0.05) is 10.9 Å². The molecule has 0 amide bonds. The summed E-state index contributed by atoms with van der Waals surface area (Å²) >= 11 is 0. The molecule has 2 nitrogen and oxygen atoms in total. The summed E-state index contributed by atoms with van der Waals surface area (Å²) in [7, 11) is 0.738. The lowest BCUT2D eigenvalue weighted by Crippen LogP contribution is -2.29. The van der Waals surface area contributed by atoms with E-state index >= 15 is 0 Å². The maximum Gasteiger partial charge on any atom is 0.123 e. The Kier molecular flexibility index (Phi) is 3.68. The predicted octanol–water partition coefficient (Wildman–Crippen LogP) is 2.82. The van der Waals surface area contributed by atoms with Gasteiger partial charge in [0.15, 0.2) is 0 Å². The average molecular weight is 289 g/mol. The van der Waals surface area contributed by atoms with E-state index in [1.807, 2.05) is 19.2 Å². The molecule has 2 aromatic rings. The molecule has 1 aliphatic rings. The van der Waals surface area contributed by atoms with Crippen molar-refractivity contribution >= 4 is 10.8 Å². The van der Waals surface area contributed by atoms with E-state index in [1.54, 1.807) is 12.1 Å². The molecular formula is C16H16FNOS. The summed E-state index contributed by atoms with van der Waals surface area (Å²) in [6.45, 7) is 0.